The summed E-state index contributed by atoms with van der Waals surface area (Å²) in [6.45, 7) is 12.5. The van der Waals surface area contributed by atoms with Crippen LogP contribution >= 0.6 is 11.9 Å². The van der Waals surface area contributed by atoms with Gasteiger partial charge in [-0.2, -0.15) is 0 Å². The molecule has 0 aliphatic heterocycles. The fourth-order valence-corrected chi connectivity index (χ4v) is 3.32. The summed E-state index contributed by atoms with van der Waals surface area (Å²) >= 11 is 1.07. The molecule has 0 bridgehead atoms. The molecule has 0 rings (SSSR count). The number of amides is 1. The van der Waals surface area contributed by atoms with Crippen LogP contribution in [0, 0.1) is 10.8 Å². The van der Waals surface area contributed by atoms with Crippen molar-refractivity contribution in [1.82, 2.24) is 10.0 Å². The second kappa shape index (κ2) is 10.8. The van der Waals surface area contributed by atoms with Gasteiger partial charge in [0.2, 0.25) is 5.91 Å². The van der Waals surface area contributed by atoms with Crippen LogP contribution in [0.15, 0.2) is 0 Å². The summed E-state index contributed by atoms with van der Waals surface area (Å²) in [5.41, 5.74) is -0.754. The summed E-state index contributed by atoms with van der Waals surface area (Å²) in [5, 5.41) is 12.0. The van der Waals surface area contributed by atoms with Crippen molar-refractivity contribution in [2.45, 2.75) is 79.8 Å². The number of ketones is 2. The monoisotopic (exact) mass is 402 g/mol. The molecule has 8 heteroatoms. The van der Waals surface area contributed by atoms with E-state index in [1.165, 1.54) is 6.92 Å². The summed E-state index contributed by atoms with van der Waals surface area (Å²) in [4.78, 5) is 47.2. The maximum absolute atomic E-state index is 12.4. The van der Waals surface area contributed by atoms with E-state index in [0.29, 0.717) is 6.42 Å². The second-order valence-corrected chi connectivity index (χ2v) is 9.86. The van der Waals surface area contributed by atoms with Gasteiger partial charge in [0.15, 0.2) is 5.78 Å². The molecule has 0 aromatic carbocycles. The van der Waals surface area contributed by atoms with Gasteiger partial charge in [-0.1, -0.05) is 53.5 Å². The van der Waals surface area contributed by atoms with Gasteiger partial charge >= 0.3 is 5.97 Å². The predicted molar refractivity (Wildman–Crippen MR) is 107 cm³/mol. The number of Topliss-reactive ketones (excluding diaryl/α,β-unsaturated/α-hetero) is 2. The molecular weight excluding hydrogens is 368 g/mol. The van der Waals surface area contributed by atoms with E-state index in [9.17, 15) is 24.3 Å². The van der Waals surface area contributed by atoms with Crippen LogP contribution in [0.25, 0.3) is 0 Å². The maximum Gasteiger partial charge on any atom is 0.321 e. The van der Waals surface area contributed by atoms with E-state index in [1.54, 1.807) is 20.8 Å². The van der Waals surface area contributed by atoms with Crippen molar-refractivity contribution in [3.05, 3.63) is 0 Å². The fourth-order valence-electron chi connectivity index (χ4n) is 2.40. The Bertz CT molecular complexity index is 549. The highest BCUT2D eigenvalue weighted by Crippen LogP contribution is 2.21. The van der Waals surface area contributed by atoms with E-state index in [1.807, 2.05) is 20.8 Å². The molecule has 0 saturated carbocycles. The van der Waals surface area contributed by atoms with Gasteiger partial charge in [-0.05, 0) is 11.8 Å². The standard InChI is InChI=1S/C19H34N2O5S/c1-12(22)20-15(16(24)19(5,6)7)11-27-21-14(17(25)26)9-8-13(23)10-18(2,3)4/h14-15,21H,8-11H2,1-7H3,(H,20,22)(H,25,26). The number of carboxylic acid groups (broad SMARTS) is 1. The predicted octanol–water partition coefficient (Wildman–Crippen LogP) is 2.58. The Hall–Kier alpha value is -1.41. The molecule has 0 aliphatic rings. The van der Waals surface area contributed by atoms with Gasteiger partial charge in [-0.25, -0.2) is 4.72 Å². The molecule has 0 aromatic rings. The zero-order chi connectivity index (χ0) is 21.4. The highest BCUT2D eigenvalue weighted by Gasteiger charge is 2.30. The summed E-state index contributed by atoms with van der Waals surface area (Å²) < 4.78 is 2.81. The molecule has 0 spiro atoms. The number of carbonyl (C=O) groups is 4. The minimum absolute atomic E-state index is 0.0274. The summed E-state index contributed by atoms with van der Waals surface area (Å²) in [7, 11) is 0. The van der Waals surface area contributed by atoms with E-state index < -0.39 is 23.5 Å². The Morgan fingerprint density at radius 1 is 1.00 bits per heavy atom. The van der Waals surface area contributed by atoms with Gasteiger partial charge in [0.05, 0.1) is 6.04 Å². The van der Waals surface area contributed by atoms with Crippen LogP contribution in [0.2, 0.25) is 0 Å². The molecule has 2 unspecified atom stereocenters. The van der Waals surface area contributed by atoms with E-state index in [0.717, 1.165) is 11.9 Å². The van der Waals surface area contributed by atoms with Crippen molar-refractivity contribution in [2.24, 2.45) is 10.8 Å². The first-order chi connectivity index (χ1) is 12.1. The third-order valence-electron chi connectivity index (χ3n) is 3.65. The van der Waals surface area contributed by atoms with Crippen molar-refractivity contribution in [2.75, 3.05) is 5.75 Å². The van der Waals surface area contributed by atoms with Gasteiger partial charge in [-0.3, -0.25) is 19.2 Å². The largest absolute Gasteiger partial charge is 0.480 e. The molecule has 27 heavy (non-hydrogen) atoms. The van der Waals surface area contributed by atoms with Gasteiger partial charge in [0.25, 0.3) is 0 Å². The van der Waals surface area contributed by atoms with Gasteiger partial charge in [-0.15, -0.1) is 0 Å². The Morgan fingerprint density at radius 3 is 1.96 bits per heavy atom. The molecule has 3 N–H and O–H groups in total. The Labute approximate surface area is 166 Å². The fraction of sp³-hybridized carbons (Fsp3) is 0.789. The average Bonchev–Trinajstić information content (AvgIpc) is 2.45. The topological polar surface area (TPSA) is 113 Å². The lowest BCUT2D eigenvalue weighted by Crippen LogP contribution is -2.47. The van der Waals surface area contributed by atoms with E-state index >= 15 is 0 Å². The lowest BCUT2D eigenvalue weighted by Gasteiger charge is -2.25. The van der Waals surface area contributed by atoms with Gasteiger partial charge in [0.1, 0.15) is 11.8 Å². The van der Waals surface area contributed by atoms with Crippen LogP contribution < -0.4 is 10.0 Å². The molecule has 156 valence electrons. The Morgan fingerprint density at radius 2 is 1.56 bits per heavy atom. The van der Waals surface area contributed by atoms with Crippen molar-refractivity contribution in [3.63, 3.8) is 0 Å². The van der Waals surface area contributed by atoms with Crippen LogP contribution in [-0.4, -0.2) is 46.4 Å². The van der Waals surface area contributed by atoms with Gasteiger partial charge < -0.3 is 10.4 Å². The number of carbonyl (C=O) groups excluding carboxylic acids is 3. The molecule has 0 heterocycles. The quantitative estimate of drug-likeness (QED) is 0.455. The molecule has 0 fully saturated rings. The highest BCUT2D eigenvalue weighted by molar-refractivity contribution is 7.97. The molecule has 7 nitrogen and oxygen atoms in total. The first-order valence-electron chi connectivity index (χ1n) is 9.06. The zero-order valence-corrected chi connectivity index (χ0v) is 18.3. The van der Waals surface area contributed by atoms with E-state index in [-0.39, 0.29) is 41.5 Å². The van der Waals surface area contributed by atoms with Crippen molar-refractivity contribution in [3.8, 4) is 0 Å². The third kappa shape index (κ3) is 11.8. The van der Waals surface area contributed by atoms with Gasteiger partial charge in [0, 0.05) is 30.9 Å². The van der Waals surface area contributed by atoms with Crippen LogP contribution in [0.3, 0.4) is 0 Å². The number of aliphatic carboxylic acids is 1. The Balaban J connectivity index is 4.70. The third-order valence-corrected chi connectivity index (χ3v) is 4.60. The second-order valence-electron chi connectivity index (χ2n) is 9.00. The zero-order valence-electron chi connectivity index (χ0n) is 17.5. The first kappa shape index (κ1) is 25.6. The lowest BCUT2D eigenvalue weighted by atomic mass is 9.87. The molecule has 2 atom stereocenters. The summed E-state index contributed by atoms with van der Waals surface area (Å²) in [5.74, 6) is -1.26. The first-order valence-corrected chi connectivity index (χ1v) is 10.1. The number of hydrogen-bond acceptors (Lipinski definition) is 6. The smallest absolute Gasteiger partial charge is 0.321 e. The molecule has 0 saturated heterocycles. The van der Waals surface area contributed by atoms with Crippen molar-refractivity contribution in [1.29, 1.82) is 0 Å². The molecule has 1 amide bonds. The molecule has 0 aliphatic carbocycles. The number of hydrogen-bond donors (Lipinski definition) is 3. The van der Waals surface area contributed by atoms with Crippen LogP contribution in [-0.2, 0) is 19.2 Å². The molecule has 0 aromatic heterocycles. The maximum atomic E-state index is 12.4. The van der Waals surface area contributed by atoms with Crippen molar-refractivity contribution >= 4 is 35.4 Å². The van der Waals surface area contributed by atoms with Crippen LogP contribution in [0.1, 0.15) is 67.7 Å². The highest BCUT2D eigenvalue weighted by atomic mass is 32.2. The van der Waals surface area contributed by atoms with Crippen molar-refractivity contribution < 1.29 is 24.3 Å². The minimum Gasteiger partial charge on any atom is -0.480 e. The number of carboxylic acids is 1. The average molecular weight is 403 g/mol. The lowest BCUT2D eigenvalue weighted by molar-refractivity contribution is -0.139. The number of nitrogens with one attached hydrogen (secondary N) is 2. The van der Waals surface area contributed by atoms with E-state index in [4.69, 9.17) is 0 Å². The van der Waals surface area contributed by atoms with E-state index in [2.05, 4.69) is 10.0 Å². The SMILES string of the molecule is CC(=O)NC(CSNC(CCC(=O)CC(C)(C)C)C(=O)O)C(=O)C(C)(C)C. The molecular formula is C19H34N2O5S. The number of rotatable bonds is 11. The minimum atomic E-state index is -1.05. The van der Waals surface area contributed by atoms with Crippen LogP contribution in [0.5, 0.6) is 0 Å². The molecule has 0 radical (unpaired) electrons. The summed E-state index contributed by atoms with van der Waals surface area (Å²) in [6.07, 6.45) is 0.754. The van der Waals surface area contributed by atoms with Crippen LogP contribution in [0.4, 0.5) is 0 Å². The Kier molecular flexibility index (Phi) is 10.2. The normalized spacial score (nSPS) is 14.3. The summed E-state index contributed by atoms with van der Waals surface area (Å²) in [6, 6.07) is -1.61.